The topological polar surface area (TPSA) is 49.4 Å². The second kappa shape index (κ2) is 9.61. The number of amides is 2. The number of hydrogen-bond donors (Lipinski definition) is 1. The number of hydrogen-bond acceptors (Lipinski definition) is 4. The summed E-state index contributed by atoms with van der Waals surface area (Å²) in [6.45, 7) is 0.741. The molecule has 1 N–H and O–H groups in total. The molecule has 0 radical (unpaired) electrons. The van der Waals surface area contributed by atoms with Crippen LogP contribution in [0.25, 0.3) is 6.08 Å². The normalized spacial score (nSPS) is 15.3. The van der Waals surface area contributed by atoms with Crippen molar-refractivity contribution in [3.05, 3.63) is 76.4 Å². The van der Waals surface area contributed by atoms with Gasteiger partial charge < -0.3 is 5.32 Å². The monoisotopic (exact) mass is 414 g/mol. The van der Waals surface area contributed by atoms with Gasteiger partial charge in [-0.05, 0) is 24.1 Å². The summed E-state index contributed by atoms with van der Waals surface area (Å²) in [4.78, 5) is 26.3. The van der Waals surface area contributed by atoms with E-state index in [1.807, 2.05) is 30.3 Å². The summed E-state index contributed by atoms with van der Waals surface area (Å²) >= 11 is 6.37. The van der Waals surface area contributed by atoms with E-state index in [0.717, 1.165) is 23.7 Å². The highest BCUT2D eigenvalue weighted by molar-refractivity contribution is 8.26. The average molecular weight is 415 g/mol. The minimum Gasteiger partial charge on any atom is -0.356 e. The first kappa shape index (κ1) is 20.2. The van der Waals surface area contributed by atoms with Gasteiger partial charge in [0.2, 0.25) is 5.91 Å². The third kappa shape index (κ3) is 5.27. The molecule has 2 aromatic carbocycles. The quantitative estimate of drug-likeness (QED) is 0.553. The zero-order chi connectivity index (χ0) is 19.9. The number of benzene rings is 2. The highest BCUT2D eigenvalue weighted by atomic mass is 32.2. The van der Waals surface area contributed by atoms with E-state index in [0.29, 0.717) is 21.3 Å². The van der Waals surface area contributed by atoms with Crippen LogP contribution in [0.15, 0.2) is 59.5 Å². The number of nitrogens with one attached hydrogen (secondary N) is 1. The van der Waals surface area contributed by atoms with Gasteiger partial charge >= 0.3 is 0 Å². The highest BCUT2D eigenvalue weighted by Crippen LogP contribution is 2.32. The Balaban J connectivity index is 1.50. The third-order valence-corrected chi connectivity index (χ3v) is 5.58. The molecule has 0 atom stereocenters. The molecule has 4 nitrogen and oxygen atoms in total. The molecule has 2 amide bonds. The van der Waals surface area contributed by atoms with E-state index in [9.17, 15) is 14.0 Å². The van der Waals surface area contributed by atoms with E-state index in [4.69, 9.17) is 12.2 Å². The summed E-state index contributed by atoms with van der Waals surface area (Å²) in [5.41, 5.74) is 1.49. The Bertz CT molecular complexity index is 916. The van der Waals surface area contributed by atoms with Crippen molar-refractivity contribution in [2.45, 2.75) is 12.8 Å². The van der Waals surface area contributed by atoms with Gasteiger partial charge in [-0.3, -0.25) is 14.5 Å². The molecule has 0 bridgehead atoms. The van der Waals surface area contributed by atoms with Crippen LogP contribution in [0.5, 0.6) is 0 Å². The number of rotatable bonds is 7. The van der Waals surface area contributed by atoms with Crippen molar-refractivity contribution in [2.75, 3.05) is 13.1 Å². The maximum absolute atomic E-state index is 13.8. The van der Waals surface area contributed by atoms with Crippen LogP contribution in [0, 0.1) is 5.82 Å². The summed E-state index contributed by atoms with van der Waals surface area (Å²) in [6.07, 6.45) is 2.40. The van der Waals surface area contributed by atoms with Crippen molar-refractivity contribution in [1.82, 2.24) is 10.2 Å². The van der Waals surface area contributed by atoms with Gasteiger partial charge in [0.1, 0.15) is 10.1 Å². The summed E-state index contributed by atoms with van der Waals surface area (Å²) in [7, 11) is 0. The zero-order valence-corrected chi connectivity index (χ0v) is 16.7. The van der Waals surface area contributed by atoms with Crippen molar-refractivity contribution < 1.29 is 14.0 Å². The van der Waals surface area contributed by atoms with Crippen LogP contribution in [0.1, 0.15) is 17.5 Å². The van der Waals surface area contributed by atoms with Gasteiger partial charge in [-0.2, -0.15) is 0 Å². The van der Waals surface area contributed by atoms with Crippen LogP contribution >= 0.6 is 24.0 Å². The van der Waals surface area contributed by atoms with Gasteiger partial charge in [0.15, 0.2) is 0 Å². The number of carbonyl (C=O) groups excluding carboxylic acids is 2. The Morgan fingerprint density at radius 3 is 2.61 bits per heavy atom. The van der Waals surface area contributed by atoms with Crippen molar-refractivity contribution in [1.29, 1.82) is 0 Å². The maximum atomic E-state index is 13.8. The van der Waals surface area contributed by atoms with E-state index in [1.54, 1.807) is 18.2 Å². The molecule has 0 spiro atoms. The van der Waals surface area contributed by atoms with Crippen LogP contribution in [-0.2, 0) is 16.0 Å². The number of halogens is 1. The van der Waals surface area contributed by atoms with Crippen LogP contribution in [0.2, 0.25) is 0 Å². The molecule has 1 aliphatic rings. The molecule has 2 aromatic rings. The molecule has 28 heavy (non-hydrogen) atoms. The molecular weight excluding hydrogens is 395 g/mol. The third-order valence-electron chi connectivity index (χ3n) is 4.21. The number of thiocarbonyl (C=S) groups is 1. The fourth-order valence-corrected chi connectivity index (χ4v) is 4.02. The first-order valence-electron chi connectivity index (χ1n) is 8.85. The Hall–Kier alpha value is -2.51. The lowest BCUT2D eigenvalue weighted by molar-refractivity contribution is -0.123. The Morgan fingerprint density at radius 2 is 1.86 bits per heavy atom. The Labute approximate surface area is 172 Å². The molecule has 0 unspecified atom stereocenters. The van der Waals surface area contributed by atoms with Crippen molar-refractivity contribution >= 4 is 46.2 Å². The van der Waals surface area contributed by atoms with E-state index >= 15 is 0 Å². The minimum atomic E-state index is -0.398. The standard InChI is InChI=1S/C21H19FN2O2S2/c22-17-9-5-4-8-16(17)14-18-20(26)24(21(27)28-18)13-11-19(25)23-12-10-15-6-2-1-3-7-15/h1-9,14H,10-13H2,(H,23,25)/b18-14+. The van der Waals surface area contributed by atoms with Crippen LogP contribution in [0.4, 0.5) is 4.39 Å². The smallest absolute Gasteiger partial charge is 0.266 e. The van der Waals surface area contributed by atoms with Crippen molar-refractivity contribution in [3.8, 4) is 0 Å². The molecule has 1 aliphatic heterocycles. The largest absolute Gasteiger partial charge is 0.356 e. The van der Waals surface area contributed by atoms with E-state index in [1.165, 1.54) is 17.0 Å². The summed E-state index contributed by atoms with van der Waals surface area (Å²) < 4.78 is 14.2. The van der Waals surface area contributed by atoms with Gasteiger partial charge in [-0.1, -0.05) is 72.5 Å². The average Bonchev–Trinajstić information content (AvgIpc) is 2.96. The Morgan fingerprint density at radius 1 is 1.14 bits per heavy atom. The molecule has 1 heterocycles. The van der Waals surface area contributed by atoms with E-state index in [2.05, 4.69) is 5.32 Å². The molecule has 0 aromatic heterocycles. The van der Waals surface area contributed by atoms with Crippen LogP contribution < -0.4 is 5.32 Å². The van der Waals surface area contributed by atoms with Crippen molar-refractivity contribution in [2.24, 2.45) is 0 Å². The second-order valence-electron chi connectivity index (χ2n) is 6.19. The summed E-state index contributed by atoms with van der Waals surface area (Å²) in [6, 6.07) is 16.1. The fraction of sp³-hybridized carbons (Fsp3) is 0.190. The first-order chi connectivity index (χ1) is 13.5. The predicted molar refractivity (Wildman–Crippen MR) is 114 cm³/mol. The van der Waals surface area contributed by atoms with Gasteiger partial charge in [0, 0.05) is 25.1 Å². The molecule has 3 rings (SSSR count). The van der Waals surface area contributed by atoms with Crippen LogP contribution in [0.3, 0.4) is 0 Å². The highest BCUT2D eigenvalue weighted by Gasteiger charge is 2.32. The second-order valence-corrected chi connectivity index (χ2v) is 7.87. The number of nitrogens with zero attached hydrogens (tertiary/aromatic N) is 1. The number of carbonyl (C=O) groups is 2. The predicted octanol–water partition coefficient (Wildman–Crippen LogP) is 3.78. The lowest BCUT2D eigenvalue weighted by Crippen LogP contribution is -2.34. The molecular formula is C21H19FN2O2S2. The van der Waals surface area contributed by atoms with E-state index < -0.39 is 5.82 Å². The van der Waals surface area contributed by atoms with E-state index in [-0.39, 0.29) is 24.8 Å². The van der Waals surface area contributed by atoms with Crippen molar-refractivity contribution in [3.63, 3.8) is 0 Å². The van der Waals surface area contributed by atoms with Gasteiger partial charge in [0.05, 0.1) is 4.91 Å². The fourth-order valence-electron chi connectivity index (χ4n) is 2.72. The van der Waals surface area contributed by atoms with Gasteiger partial charge in [0.25, 0.3) is 5.91 Å². The van der Waals surface area contributed by atoms with Gasteiger partial charge in [-0.25, -0.2) is 4.39 Å². The minimum absolute atomic E-state index is 0.136. The maximum Gasteiger partial charge on any atom is 0.266 e. The summed E-state index contributed by atoms with van der Waals surface area (Å²) in [5, 5.41) is 2.85. The molecule has 1 saturated heterocycles. The molecule has 0 saturated carbocycles. The van der Waals surface area contributed by atoms with Crippen LogP contribution in [-0.4, -0.2) is 34.1 Å². The molecule has 144 valence electrons. The molecule has 7 heteroatoms. The number of thioether (sulfide) groups is 1. The SMILES string of the molecule is O=C(CCN1C(=O)/C(=C\c2ccccc2F)SC1=S)NCCc1ccccc1. The first-order valence-corrected chi connectivity index (χ1v) is 10.1. The lowest BCUT2D eigenvalue weighted by Gasteiger charge is -2.14. The Kier molecular flexibility index (Phi) is 6.95. The lowest BCUT2D eigenvalue weighted by atomic mass is 10.1. The zero-order valence-electron chi connectivity index (χ0n) is 15.1. The van der Waals surface area contributed by atoms with Gasteiger partial charge in [-0.15, -0.1) is 0 Å². The molecule has 0 aliphatic carbocycles. The summed E-state index contributed by atoms with van der Waals surface area (Å²) in [5.74, 6) is -0.830. The molecule has 1 fully saturated rings.